The van der Waals surface area contributed by atoms with Gasteiger partial charge in [0.05, 0.1) is 0 Å². The van der Waals surface area contributed by atoms with Gasteiger partial charge in [0.2, 0.25) is 0 Å². The minimum Gasteiger partial charge on any atom is -0.477 e. The molecule has 0 saturated carbocycles. The highest BCUT2D eigenvalue weighted by molar-refractivity contribution is 7.91. The van der Waals surface area contributed by atoms with Crippen molar-refractivity contribution in [2.24, 2.45) is 0 Å². The molecule has 0 spiro atoms. The van der Waals surface area contributed by atoms with Crippen LogP contribution in [0.2, 0.25) is 0 Å². The number of carbonyl (C=O) groups is 1. The van der Waals surface area contributed by atoms with E-state index >= 15 is 0 Å². The number of hydrogen-bond donors (Lipinski definition) is 1. The van der Waals surface area contributed by atoms with Gasteiger partial charge in [-0.25, -0.2) is 13.2 Å². The molecule has 0 amide bonds. The van der Waals surface area contributed by atoms with Crippen LogP contribution in [0.25, 0.3) is 0 Å². The molecule has 1 unspecified atom stereocenters. The van der Waals surface area contributed by atoms with E-state index in [0.717, 1.165) is 30.6 Å². The van der Waals surface area contributed by atoms with Crippen molar-refractivity contribution in [1.82, 2.24) is 4.31 Å². The van der Waals surface area contributed by atoms with Crippen molar-refractivity contribution in [3.8, 4) is 0 Å². The number of aromatic carboxylic acids is 1. The number of piperidine rings is 1. The van der Waals surface area contributed by atoms with Crippen LogP contribution in [0.3, 0.4) is 0 Å². The predicted octanol–water partition coefficient (Wildman–Crippen LogP) is 2.01. The Morgan fingerprint density at radius 2 is 2.17 bits per heavy atom. The lowest BCUT2D eigenvalue weighted by atomic mass is 10.1. The second-order valence-corrected chi connectivity index (χ2v) is 7.59. The molecule has 1 N–H and O–H groups in total. The molecule has 2 heterocycles. The highest BCUT2D eigenvalue weighted by Crippen LogP contribution is 2.29. The molecule has 2 rings (SSSR count). The van der Waals surface area contributed by atoms with Crippen LogP contribution >= 0.6 is 11.3 Å². The van der Waals surface area contributed by atoms with Crippen LogP contribution in [0.15, 0.2) is 16.3 Å². The number of sulfonamides is 1. The lowest BCUT2D eigenvalue weighted by Gasteiger charge is -2.31. The maximum absolute atomic E-state index is 12.4. The summed E-state index contributed by atoms with van der Waals surface area (Å²) >= 11 is 0.814. The van der Waals surface area contributed by atoms with Crippen molar-refractivity contribution in [3.05, 3.63) is 17.0 Å². The maximum atomic E-state index is 12.4. The molecule has 1 saturated heterocycles. The van der Waals surface area contributed by atoms with Crippen molar-refractivity contribution < 1.29 is 18.3 Å². The Bertz CT molecular complexity index is 549. The number of hydrogen-bond acceptors (Lipinski definition) is 4. The summed E-state index contributed by atoms with van der Waals surface area (Å²) in [7, 11) is -3.54. The highest BCUT2D eigenvalue weighted by Gasteiger charge is 2.32. The zero-order valence-electron chi connectivity index (χ0n) is 10.00. The maximum Gasteiger partial charge on any atom is 0.345 e. The van der Waals surface area contributed by atoms with Gasteiger partial charge in [-0.05, 0) is 31.9 Å². The predicted molar refractivity (Wildman–Crippen MR) is 68.5 cm³/mol. The van der Waals surface area contributed by atoms with Gasteiger partial charge in [-0.1, -0.05) is 6.42 Å². The first-order valence-corrected chi connectivity index (χ1v) is 8.03. The van der Waals surface area contributed by atoms with Gasteiger partial charge in [0, 0.05) is 12.6 Å². The van der Waals surface area contributed by atoms with E-state index in [-0.39, 0.29) is 15.1 Å². The molecule has 1 aliphatic heterocycles. The Morgan fingerprint density at radius 3 is 2.72 bits per heavy atom. The standard InChI is InChI=1S/C11H15NO4S2/c1-8-4-2-3-7-12(8)18(15,16)10-6-5-9(17-10)11(13)14/h5-6,8H,2-4,7H2,1H3,(H,13,14). The molecule has 1 aliphatic rings. The van der Waals surface area contributed by atoms with Crippen molar-refractivity contribution >= 4 is 27.3 Å². The molecule has 100 valence electrons. The summed E-state index contributed by atoms with van der Waals surface area (Å²) in [6, 6.07) is 2.71. The SMILES string of the molecule is CC1CCCCN1S(=O)(=O)c1ccc(C(=O)O)s1. The van der Waals surface area contributed by atoms with Crippen molar-refractivity contribution in [2.45, 2.75) is 36.4 Å². The molecular weight excluding hydrogens is 274 g/mol. The fourth-order valence-corrected chi connectivity index (χ4v) is 5.09. The zero-order chi connectivity index (χ0) is 13.3. The van der Waals surface area contributed by atoms with Crippen LogP contribution in [0.1, 0.15) is 35.9 Å². The van der Waals surface area contributed by atoms with E-state index in [1.165, 1.54) is 16.4 Å². The summed E-state index contributed by atoms with van der Waals surface area (Å²) in [4.78, 5) is 10.8. The largest absolute Gasteiger partial charge is 0.477 e. The van der Waals surface area contributed by atoms with E-state index in [0.29, 0.717) is 6.54 Å². The van der Waals surface area contributed by atoms with Gasteiger partial charge in [0.15, 0.2) is 0 Å². The number of carboxylic acid groups (broad SMARTS) is 1. The normalized spacial score (nSPS) is 21.9. The van der Waals surface area contributed by atoms with Crippen molar-refractivity contribution in [2.75, 3.05) is 6.54 Å². The smallest absolute Gasteiger partial charge is 0.345 e. The van der Waals surface area contributed by atoms with E-state index in [1.807, 2.05) is 6.92 Å². The molecule has 7 heteroatoms. The first-order valence-electron chi connectivity index (χ1n) is 5.78. The van der Waals surface area contributed by atoms with E-state index < -0.39 is 16.0 Å². The zero-order valence-corrected chi connectivity index (χ0v) is 11.6. The summed E-state index contributed by atoms with van der Waals surface area (Å²) in [5.41, 5.74) is 0. The highest BCUT2D eigenvalue weighted by atomic mass is 32.2. The third kappa shape index (κ3) is 2.43. The average molecular weight is 289 g/mol. The monoisotopic (exact) mass is 289 g/mol. The van der Waals surface area contributed by atoms with Gasteiger partial charge < -0.3 is 5.11 Å². The molecule has 0 bridgehead atoms. The van der Waals surface area contributed by atoms with Gasteiger partial charge in [0.25, 0.3) is 10.0 Å². The number of nitrogens with zero attached hydrogens (tertiary/aromatic N) is 1. The summed E-state index contributed by atoms with van der Waals surface area (Å²) < 4.78 is 26.4. The Kier molecular flexibility index (Phi) is 3.74. The Hall–Kier alpha value is -0.920. The van der Waals surface area contributed by atoms with Crippen molar-refractivity contribution in [1.29, 1.82) is 0 Å². The van der Waals surface area contributed by atoms with E-state index in [1.54, 1.807) is 0 Å². The fraction of sp³-hybridized carbons (Fsp3) is 0.545. The second kappa shape index (κ2) is 4.99. The van der Waals surface area contributed by atoms with Gasteiger partial charge in [0.1, 0.15) is 9.09 Å². The van der Waals surface area contributed by atoms with E-state index in [4.69, 9.17) is 5.11 Å². The molecule has 18 heavy (non-hydrogen) atoms. The number of rotatable bonds is 3. The second-order valence-electron chi connectivity index (χ2n) is 4.38. The van der Waals surface area contributed by atoms with Crippen LogP contribution in [-0.2, 0) is 10.0 Å². The first kappa shape index (κ1) is 13.5. The molecule has 0 aromatic carbocycles. The van der Waals surface area contributed by atoms with Crippen LogP contribution < -0.4 is 0 Å². The van der Waals surface area contributed by atoms with Gasteiger partial charge in [-0.2, -0.15) is 4.31 Å². The summed E-state index contributed by atoms with van der Waals surface area (Å²) in [5.74, 6) is -1.09. The third-order valence-electron chi connectivity index (χ3n) is 3.10. The molecule has 5 nitrogen and oxygen atoms in total. The summed E-state index contributed by atoms with van der Waals surface area (Å²) in [5, 5.41) is 8.83. The summed E-state index contributed by atoms with van der Waals surface area (Å²) in [6.07, 6.45) is 2.76. The molecular formula is C11H15NO4S2. The molecule has 1 fully saturated rings. The topological polar surface area (TPSA) is 74.7 Å². The van der Waals surface area contributed by atoms with Crippen LogP contribution in [-0.4, -0.2) is 36.4 Å². The fourth-order valence-electron chi connectivity index (χ4n) is 2.12. The molecule has 0 radical (unpaired) electrons. The van der Waals surface area contributed by atoms with Gasteiger partial charge >= 0.3 is 5.97 Å². The number of thiophene rings is 1. The van der Waals surface area contributed by atoms with Crippen LogP contribution in [0.4, 0.5) is 0 Å². The number of carboxylic acids is 1. The minimum atomic E-state index is -3.54. The van der Waals surface area contributed by atoms with E-state index in [2.05, 4.69) is 0 Å². The molecule has 1 atom stereocenters. The minimum absolute atomic E-state index is 0.0147. The third-order valence-corrected chi connectivity index (χ3v) is 6.65. The van der Waals surface area contributed by atoms with E-state index in [9.17, 15) is 13.2 Å². The van der Waals surface area contributed by atoms with Gasteiger partial charge in [-0.15, -0.1) is 11.3 Å². The first-order chi connectivity index (χ1) is 8.43. The Balaban J connectivity index is 2.31. The lowest BCUT2D eigenvalue weighted by molar-refractivity contribution is 0.0702. The average Bonchev–Trinajstić information content (AvgIpc) is 2.79. The van der Waals surface area contributed by atoms with Crippen LogP contribution in [0.5, 0.6) is 0 Å². The Labute approximate surface area is 110 Å². The van der Waals surface area contributed by atoms with Crippen molar-refractivity contribution in [3.63, 3.8) is 0 Å². The quantitative estimate of drug-likeness (QED) is 0.923. The molecule has 0 aliphatic carbocycles. The summed E-state index contributed by atoms with van der Waals surface area (Å²) in [6.45, 7) is 2.41. The lowest BCUT2D eigenvalue weighted by Crippen LogP contribution is -2.41. The van der Waals surface area contributed by atoms with Crippen LogP contribution in [0, 0.1) is 0 Å². The molecule has 1 aromatic heterocycles. The van der Waals surface area contributed by atoms with Gasteiger partial charge in [-0.3, -0.25) is 0 Å². The molecule has 1 aromatic rings. The Morgan fingerprint density at radius 1 is 1.44 bits per heavy atom.